The van der Waals surface area contributed by atoms with Gasteiger partial charge in [-0.2, -0.15) is 5.10 Å². The van der Waals surface area contributed by atoms with Crippen LogP contribution < -0.4 is 10.6 Å². The minimum absolute atomic E-state index is 0. The highest BCUT2D eigenvalue weighted by molar-refractivity contribution is 14.0. The van der Waals surface area contributed by atoms with E-state index in [-0.39, 0.29) is 35.8 Å². The van der Waals surface area contributed by atoms with Gasteiger partial charge in [0.15, 0.2) is 5.96 Å². The topological polar surface area (TPSA) is 67.1 Å². The number of nitrogens with zero attached hydrogens (tertiary/aromatic N) is 4. The molecular weight excluding hydrogens is 514 g/mol. The number of aryl methyl sites for hydroxylation is 2. The first-order chi connectivity index (χ1) is 12.0. The summed E-state index contributed by atoms with van der Waals surface area (Å²) in [5.41, 5.74) is 0.829. The number of nitrogens with one attached hydrogen (secondary N) is 2. The van der Waals surface area contributed by atoms with E-state index in [0.29, 0.717) is 11.0 Å². The van der Waals surface area contributed by atoms with E-state index in [2.05, 4.69) is 41.6 Å². The van der Waals surface area contributed by atoms with Crippen LogP contribution in [0.4, 0.5) is 4.39 Å². The summed E-state index contributed by atoms with van der Waals surface area (Å²) in [4.78, 5) is 9.01. The highest BCUT2D eigenvalue weighted by Gasteiger charge is 2.21. The van der Waals surface area contributed by atoms with Gasteiger partial charge in [0, 0.05) is 19.0 Å². The van der Waals surface area contributed by atoms with Gasteiger partial charge in [-0.1, -0.05) is 6.07 Å². The van der Waals surface area contributed by atoms with Crippen LogP contribution in [0.1, 0.15) is 30.6 Å². The maximum atomic E-state index is 13.6. The van der Waals surface area contributed by atoms with Gasteiger partial charge in [0.2, 0.25) is 0 Å². The molecule has 1 atom stereocenters. The third kappa shape index (κ3) is 5.38. The van der Waals surface area contributed by atoms with Crippen LogP contribution in [-0.2, 0) is 19.5 Å². The molecular formula is C17H23BrFIN6. The van der Waals surface area contributed by atoms with Gasteiger partial charge >= 0.3 is 0 Å². The van der Waals surface area contributed by atoms with E-state index in [9.17, 15) is 4.39 Å². The van der Waals surface area contributed by atoms with E-state index >= 15 is 0 Å². The van der Waals surface area contributed by atoms with Crippen molar-refractivity contribution in [2.24, 2.45) is 4.99 Å². The van der Waals surface area contributed by atoms with Gasteiger partial charge in [0.25, 0.3) is 0 Å². The molecule has 9 heteroatoms. The zero-order chi connectivity index (χ0) is 17.8. The van der Waals surface area contributed by atoms with Crippen LogP contribution >= 0.6 is 39.9 Å². The lowest BCUT2D eigenvalue weighted by Gasteiger charge is -2.25. The Kier molecular flexibility index (Phi) is 7.81. The molecule has 0 amide bonds. The van der Waals surface area contributed by atoms with Crippen molar-refractivity contribution in [3.05, 3.63) is 45.7 Å². The third-order valence-electron chi connectivity index (χ3n) is 4.05. The molecule has 1 aliphatic heterocycles. The van der Waals surface area contributed by atoms with Crippen LogP contribution in [0.5, 0.6) is 0 Å². The summed E-state index contributed by atoms with van der Waals surface area (Å²) in [5, 5.41) is 11.1. The number of hydrogen-bond acceptors (Lipinski definition) is 3. The number of hydrogen-bond donors (Lipinski definition) is 2. The van der Waals surface area contributed by atoms with Gasteiger partial charge in [0.1, 0.15) is 17.5 Å². The Bertz CT molecular complexity index is 779. The number of fused-ring (bicyclic) bond motifs is 1. The summed E-state index contributed by atoms with van der Waals surface area (Å²) < 4.78 is 16.1. The molecule has 0 aliphatic carbocycles. The van der Waals surface area contributed by atoms with Crippen molar-refractivity contribution >= 4 is 45.9 Å². The molecule has 0 bridgehead atoms. The Morgan fingerprint density at radius 1 is 1.46 bits per heavy atom. The lowest BCUT2D eigenvalue weighted by Crippen LogP contribution is -2.47. The van der Waals surface area contributed by atoms with Gasteiger partial charge in [-0.25, -0.2) is 19.0 Å². The van der Waals surface area contributed by atoms with Crippen LogP contribution in [0.15, 0.2) is 27.7 Å². The lowest BCUT2D eigenvalue weighted by atomic mass is 10.1. The summed E-state index contributed by atoms with van der Waals surface area (Å²) in [6.07, 6.45) is 1.88. The number of halogens is 3. The van der Waals surface area contributed by atoms with Gasteiger partial charge in [-0.05, 0) is 53.9 Å². The van der Waals surface area contributed by atoms with Crippen molar-refractivity contribution in [1.29, 1.82) is 0 Å². The largest absolute Gasteiger partial charge is 0.357 e. The molecule has 0 radical (unpaired) electrons. The van der Waals surface area contributed by atoms with Crippen molar-refractivity contribution < 1.29 is 4.39 Å². The van der Waals surface area contributed by atoms with E-state index in [1.165, 1.54) is 6.07 Å². The maximum absolute atomic E-state index is 13.6. The molecule has 6 nitrogen and oxygen atoms in total. The lowest BCUT2D eigenvalue weighted by molar-refractivity contribution is 0.392. The molecule has 3 rings (SSSR count). The second kappa shape index (κ2) is 9.63. The molecule has 0 saturated heterocycles. The predicted molar refractivity (Wildman–Crippen MR) is 114 cm³/mol. The molecule has 1 aromatic carbocycles. The summed E-state index contributed by atoms with van der Waals surface area (Å²) in [6, 6.07) is 5.32. The van der Waals surface area contributed by atoms with Gasteiger partial charge in [-0.15, -0.1) is 24.0 Å². The summed E-state index contributed by atoms with van der Waals surface area (Å²) >= 11 is 3.17. The number of rotatable bonds is 4. The fourth-order valence-corrected chi connectivity index (χ4v) is 3.12. The van der Waals surface area contributed by atoms with Crippen molar-refractivity contribution in [3.8, 4) is 0 Å². The molecule has 1 unspecified atom stereocenters. The minimum atomic E-state index is -0.271. The van der Waals surface area contributed by atoms with Crippen molar-refractivity contribution in [2.75, 3.05) is 6.54 Å². The van der Waals surface area contributed by atoms with E-state index < -0.39 is 0 Å². The quantitative estimate of drug-likeness (QED) is 0.358. The molecule has 1 aromatic heterocycles. The van der Waals surface area contributed by atoms with Crippen LogP contribution in [0.3, 0.4) is 0 Å². The average Bonchev–Trinajstić information content (AvgIpc) is 2.95. The maximum Gasteiger partial charge on any atom is 0.191 e. The van der Waals surface area contributed by atoms with Crippen molar-refractivity contribution in [1.82, 2.24) is 25.4 Å². The zero-order valence-corrected chi connectivity index (χ0v) is 18.7. The number of aromatic nitrogens is 3. The van der Waals surface area contributed by atoms with E-state index in [1.54, 1.807) is 6.07 Å². The molecule has 0 saturated carbocycles. The molecule has 2 heterocycles. The average molecular weight is 537 g/mol. The van der Waals surface area contributed by atoms with E-state index in [0.717, 1.165) is 49.1 Å². The van der Waals surface area contributed by atoms with Crippen LogP contribution in [0, 0.1) is 12.7 Å². The second-order valence-electron chi connectivity index (χ2n) is 6.08. The monoisotopic (exact) mass is 536 g/mol. The Balaban J connectivity index is 0.00000243. The van der Waals surface area contributed by atoms with Crippen molar-refractivity contribution in [2.45, 2.75) is 45.8 Å². The van der Waals surface area contributed by atoms with E-state index in [4.69, 9.17) is 0 Å². The van der Waals surface area contributed by atoms with Crippen LogP contribution in [0.2, 0.25) is 0 Å². The molecule has 2 aromatic rings. The molecule has 2 N–H and O–H groups in total. The summed E-state index contributed by atoms with van der Waals surface area (Å²) in [5.74, 6) is 2.32. The molecule has 26 heavy (non-hydrogen) atoms. The first-order valence-corrected chi connectivity index (χ1v) is 9.23. The first-order valence-electron chi connectivity index (χ1n) is 8.44. The smallest absolute Gasteiger partial charge is 0.191 e. The minimum Gasteiger partial charge on any atom is -0.357 e. The zero-order valence-electron chi connectivity index (χ0n) is 14.8. The van der Waals surface area contributed by atoms with Gasteiger partial charge in [0.05, 0.1) is 17.6 Å². The van der Waals surface area contributed by atoms with Gasteiger partial charge in [-0.3, -0.25) is 0 Å². The van der Waals surface area contributed by atoms with E-state index in [1.807, 2.05) is 24.6 Å². The molecule has 0 fully saturated rings. The highest BCUT2D eigenvalue weighted by atomic mass is 127. The second-order valence-corrected chi connectivity index (χ2v) is 6.94. The molecule has 0 spiro atoms. The Morgan fingerprint density at radius 3 is 3.00 bits per heavy atom. The normalized spacial score (nSPS) is 16.6. The van der Waals surface area contributed by atoms with Gasteiger partial charge < -0.3 is 10.6 Å². The standard InChI is InChI=1S/C17H22BrFN6.HI/c1-3-20-17(21-9-12-4-6-14(18)15(19)8-12)23-13-5-7-16-22-11(2)24-25(16)10-13;/h4,6,8,13H,3,5,7,9-10H2,1-2H3,(H2,20,21,23);1H. The summed E-state index contributed by atoms with van der Waals surface area (Å²) in [6.45, 7) is 5.89. The summed E-state index contributed by atoms with van der Waals surface area (Å²) in [7, 11) is 0. The number of benzene rings is 1. The fraction of sp³-hybridized carbons (Fsp3) is 0.471. The Morgan fingerprint density at radius 2 is 2.27 bits per heavy atom. The van der Waals surface area contributed by atoms with Crippen molar-refractivity contribution in [3.63, 3.8) is 0 Å². The first kappa shape index (κ1) is 21.1. The number of aliphatic imine (C=N–C) groups is 1. The number of guanidine groups is 1. The molecule has 1 aliphatic rings. The Hall–Kier alpha value is -1.23. The fourth-order valence-electron chi connectivity index (χ4n) is 2.87. The Labute approximate surface area is 178 Å². The third-order valence-corrected chi connectivity index (χ3v) is 4.70. The predicted octanol–water partition coefficient (Wildman–Crippen LogP) is 3.18. The van der Waals surface area contributed by atoms with Crippen LogP contribution in [-0.4, -0.2) is 33.3 Å². The SMILES string of the molecule is CCNC(=NCc1ccc(Br)c(F)c1)NC1CCc2nc(C)nn2C1.I. The van der Waals surface area contributed by atoms with Crippen LogP contribution in [0.25, 0.3) is 0 Å². The molecule has 142 valence electrons. The highest BCUT2D eigenvalue weighted by Crippen LogP contribution is 2.17.